The molecule has 0 unspecified atom stereocenters. The van der Waals surface area contributed by atoms with Gasteiger partial charge in [-0.15, -0.1) is 0 Å². The quantitative estimate of drug-likeness (QED) is 0.466. The number of carboxylic acids is 2. The number of hydrogen-bond acceptors (Lipinski definition) is 5. The lowest BCUT2D eigenvalue weighted by atomic mass is 9.80. The van der Waals surface area contributed by atoms with Gasteiger partial charge < -0.3 is 20.1 Å². The molecule has 35 heavy (non-hydrogen) atoms. The van der Waals surface area contributed by atoms with Crippen molar-refractivity contribution < 1.29 is 29.7 Å². The van der Waals surface area contributed by atoms with Crippen LogP contribution < -0.4 is 10.2 Å². The average Bonchev–Trinajstić information content (AvgIpc) is 2.87. The first-order chi connectivity index (χ1) is 16.9. The van der Waals surface area contributed by atoms with E-state index in [1.807, 2.05) is 6.07 Å². The SMILES string of the molecule is O=C([O-])C1=C/C(=C(\c2ccccc2)c2cc(C(=O)O)c([O-])c3ccccc23)c2ccccc2C1=O. The molecule has 1 aliphatic rings. The van der Waals surface area contributed by atoms with E-state index in [2.05, 4.69) is 0 Å². The normalized spacial score (nSPS) is 14.3. The summed E-state index contributed by atoms with van der Waals surface area (Å²) in [4.78, 5) is 36.7. The number of hydrogen-bond donors (Lipinski definition) is 1. The molecule has 0 aliphatic heterocycles. The van der Waals surface area contributed by atoms with Crippen molar-refractivity contribution in [1.29, 1.82) is 0 Å². The molecule has 1 aliphatic carbocycles. The molecular formula is C29H16O6-2. The molecule has 0 spiro atoms. The summed E-state index contributed by atoms with van der Waals surface area (Å²) in [5.41, 5.74) is 1.76. The summed E-state index contributed by atoms with van der Waals surface area (Å²) in [6.45, 7) is 0. The monoisotopic (exact) mass is 460 g/mol. The molecule has 0 atom stereocenters. The number of carbonyl (C=O) groups excluding carboxylic acids is 2. The largest absolute Gasteiger partial charge is 0.871 e. The van der Waals surface area contributed by atoms with Crippen LogP contribution in [0, 0.1) is 0 Å². The first-order valence-corrected chi connectivity index (χ1v) is 10.7. The first-order valence-electron chi connectivity index (χ1n) is 10.7. The van der Waals surface area contributed by atoms with Gasteiger partial charge in [0.2, 0.25) is 0 Å². The summed E-state index contributed by atoms with van der Waals surface area (Å²) >= 11 is 0. The predicted octanol–water partition coefficient (Wildman–Crippen LogP) is 3.44. The van der Waals surface area contributed by atoms with Crippen LogP contribution in [0.25, 0.3) is 21.9 Å². The Morgan fingerprint density at radius 1 is 0.743 bits per heavy atom. The second kappa shape index (κ2) is 8.43. The molecule has 4 aromatic carbocycles. The fourth-order valence-corrected chi connectivity index (χ4v) is 4.48. The predicted molar refractivity (Wildman–Crippen MR) is 127 cm³/mol. The lowest BCUT2D eigenvalue weighted by molar-refractivity contribution is -0.298. The van der Waals surface area contributed by atoms with Crippen molar-refractivity contribution >= 4 is 39.6 Å². The molecule has 0 saturated heterocycles. The van der Waals surface area contributed by atoms with Gasteiger partial charge in [0, 0.05) is 11.1 Å². The Hall–Kier alpha value is -4.97. The molecule has 1 N–H and O–H groups in total. The zero-order chi connectivity index (χ0) is 24.7. The summed E-state index contributed by atoms with van der Waals surface area (Å²) in [5, 5.41) is 35.3. The van der Waals surface area contributed by atoms with Crippen molar-refractivity contribution in [2.45, 2.75) is 0 Å². The molecule has 0 amide bonds. The van der Waals surface area contributed by atoms with E-state index in [-0.39, 0.29) is 10.9 Å². The highest BCUT2D eigenvalue weighted by atomic mass is 16.4. The number of aliphatic carboxylic acids is 1. The van der Waals surface area contributed by atoms with Gasteiger partial charge in [-0.1, -0.05) is 84.6 Å². The van der Waals surface area contributed by atoms with Crippen molar-refractivity contribution in [3.8, 4) is 5.75 Å². The van der Waals surface area contributed by atoms with Crippen LogP contribution in [0.3, 0.4) is 0 Å². The van der Waals surface area contributed by atoms with E-state index in [4.69, 9.17) is 0 Å². The minimum absolute atomic E-state index is 0.195. The standard InChI is InChI=1S/C29H18O6/c30-26-19-12-6-4-10-17(19)21(14-23(26)28(32)33)25(16-8-2-1-3-9-16)22-15-24(29(34)35)27(31)20-13-7-5-11-18(20)22/h1-15,30H,(H,32,33)(H,34,35)/p-2/b25-22-. The molecule has 0 heterocycles. The number of fused-ring (bicyclic) bond motifs is 2. The summed E-state index contributed by atoms with van der Waals surface area (Å²) in [7, 11) is 0. The number of allylic oxidation sites excluding steroid dienone is 2. The lowest BCUT2D eigenvalue weighted by Gasteiger charge is -2.25. The number of rotatable bonds is 4. The van der Waals surface area contributed by atoms with Gasteiger partial charge in [-0.25, -0.2) is 4.79 Å². The highest BCUT2D eigenvalue weighted by Crippen LogP contribution is 2.42. The van der Waals surface area contributed by atoms with E-state index in [9.17, 15) is 29.7 Å². The number of aromatic carboxylic acids is 1. The Morgan fingerprint density at radius 3 is 2.00 bits per heavy atom. The highest BCUT2D eigenvalue weighted by molar-refractivity contribution is 6.30. The fourth-order valence-electron chi connectivity index (χ4n) is 4.48. The van der Waals surface area contributed by atoms with Gasteiger partial charge in [-0.3, -0.25) is 4.79 Å². The smallest absolute Gasteiger partial charge is 0.335 e. The van der Waals surface area contributed by atoms with E-state index in [0.29, 0.717) is 33.2 Å². The lowest BCUT2D eigenvalue weighted by Crippen LogP contribution is -2.30. The van der Waals surface area contributed by atoms with Crippen molar-refractivity contribution in [1.82, 2.24) is 0 Å². The molecule has 0 fully saturated rings. The average molecular weight is 460 g/mol. The van der Waals surface area contributed by atoms with Crippen LogP contribution in [0.2, 0.25) is 0 Å². The van der Waals surface area contributed by atoms with Crippen molar-refractivity contribution in [2.24, 2.45) is 0 Å². The van der Waals surface area contributed by atoms with Crippen molar-refractivity contribution in [3.63, 3.8) is 0 Å². The molecule has 4 aromatic rings. The zero-order valence-electron chi connectivity index (χ0n) is 18.1. The van der Waals surface area contributed by atoms with Gasteiger partial charge >= 0.3 is 5.97 Å². The van der Waals surface area contributed by atoms with Crippen molar-refractivity contribution in [3.05, 3.63) is 124 Å². The highest BCUT2D eigenvalue weighted by Gasteiger charge is 2.27. The van der Waals surface area contributed by atoms with Crippen LogP contribution in [0.1, 0.15) is 37.4 Å². The summed E-state index contributed by atoms with van der Waals surface area (Å²) in [5.74, 6) is -4.26. The first kappa shape index (κ1) is 21.9. The van der Waals surface area contributed by atoms with E-state index in [0.717, 1.165) is 0 Å². The topological polar surface area (TPSA) is 118 Å². The second-order valence-corrected chi connectivity index (χ2v) is 8.03. The number of benzene rings is 4. The van der Waals surface area contributed by atoms with Gasteiger partial charge in [-0.05, 0) is 50.8 Å². The molecule has 0 bridgehead atoms. The number of carboxylic acid groups (broad SMARTS) is 2. The van der Waals surface area contributed by atoms with Gasteiger partial charge in [0.15, 0.2) is 5.78 Å². The van der Waals surface area contributed by atoms with Crippen LogP contribution in [-0.2, 0) is 4.79 Å². The van der Waals surface area contributed by atoms with Crippen LogP contribution >= 0.6 is 0 Å². The molecule has 6 heteroatoms. The van der Waals surface area contributed by atoms with Crippen LogP contribution in [0.5, 0.6) is 5.75 Å². The van der Waals surface area contributed by atoms with Gasteiger partial charge in [0.25, 0.3) is 0 Å². The van der Waals surface area contributed by atoms with E-state index in [1.165, 1.54) is 18.2 Å². The fraction of sp³-hybridized carbons (Fsp3) is 0. The van der Waals surface area contributed by atoms with Gasteiger partial charge in [0.05, 0.1) is 11.5 Å². The zero-order valence-corrected chi connectivity index (χ0v) is 18.1. The van der Waals surface area contributed by atoms with Crippen LogP contribution in [0.15, 0.2) is 96.6 Å². The van der Waals surface area contributed by atoms with E-state index >= 15 is 0 Å². The molecule has 0 radical (unpaired) electrons. The van der Waals surface area contributed by atoms with Crippen molar-refractivity contribution in [2.75, 3.05) is 0 Å². The third kappa shape index (κ3) is 3.57. The maximum Gasteiger partial charge on any atom is 0.335 e. The minimum Gasteiger partial charge on any atom is -0.871 e. The number of carbonyl (C=O) groups is 3. The molecule has 0 saturated carbocycles. The molecule has 5 rings (SSSR count). The van der Waals surface area contributed by atoms with Gasteiger partial charge in [-0.2, -0.15) is 0 Å². The van der Waals surface area contributed by atoms with Crippen LogP contribution in [0.4, 0.5) is 0 Å². The molecule has 170 valence electrons. The molecule has 6 nitrogen and oxygen atoms in total. The Bertz CT molecular complexity index is 1610. The molecule has 0 aromatic heterocycles. The summed E-state index contributed by atoms with van der Waals surface area (Å²) in [6, 6.07) is 23.6. The maximum absolute atomic E-state index is 12.9. The Balaban J connectivity index is 2.01. The summed E-state index contributed by atoms with van der Waals surface area (Å²) in [6.07, 6.45) is 1.27. The molecular weight excluding hydrogens is 444 g/mol. The van der Waals surface area contributed by atoms with E-state index < -0.39 is 34.6 Å². The number of ketones is 1. The Kier molecular flexibility index (Phi) is 5.26. The maximum atomic E-state index is 12.9. The second-order valence-electron chi connectivity index (χ2n) is 8.03. The number of Topliss-reactive ketones (excluding diaryl/α,β-unsaturated/α-hetero) is 1. The van der Waals surface area contributed by atoms with Crippen LogP contribution in [-0.4, -0.2) is 22.8 Å². The summed E-state index contributed by atoms with van der Waals surface area (Å²) < 4.78 is 0. The van der Waals surface area contributed by atoms with E-state index in [1.54, 1.807) is 66.7 Å². The Morgan fingerprint density at radius 2 is 1.34 bits per heavy atom. The van der Waals surface area contributed by atoms with Gasteiger partial charge in [0.1, 0.15) is 0 Å². The third-order valence-corrected chi connectivity index (χ3v) is 6.04. The third-order valence-electron chi connectivity index (χ3n) is 6.04. The Labute approximate surface area is 199 Å². The minimum atomic E-state index is -1.61.